The summed E-state index contributed by atoms with van der Waals surface area (Å²) in [6, 6.07) is 7.95. The third-order valence-corrected chi connectivity index (χ3v) is 5.09. The average molecular weight is 314 g/mol. The normalized spacial score (nSPS) is 20.8. The first-order valence-electron chi connectivity index (χ1n) is 8.58. The van der Waals surface area contributed by atoms with Gasteiger partial charge in [0.25, 0.3) is 0 Å². The first kappa shape index (κ1) is 18.0. The van der Waals surface area contributed by atoms with Crippen molar-refractivity contribution < 1.29 is 10.2 Å². The van der Waals surface area contributed by atoms with Crippen LogP contribution in [0.25, 0.3) is 6.08 Å². The number of aliphatic hydroxyl groups excluding tert-OH is 1. The van der Waals surface area contributed by atoms with Crippen molar-refractivity contribution >= 4 is 6.08 Å². The standard InChI is InChI=1S/C21H30O2/c1-16-7-6-12-20(2,3)19(16)11-10-17-8-5-9-18(15-17)21(4,23)13-14-22/h5,8-11,15,22-23H,6-7,12-14H2,1-4H3. The summed E-state index contributed by atoms with van der Waals surface area (Å²) in [4.78, 5) is 0. The zero-order chi connectivity index (χ0) is 17.1. The number of aliphatic hydroxyl groups is 2. The van der Waals surface area contributed by atoms with Crippen LogP contribution in [0.3, 0.4) is 0 Å². The molecule has 0 fully saturated rings. The van der Waals surface area contributed by atoms with Crippen LogP contribution in [0.2, 0.25) is 0 Å². The molecule has 0 amide bonds. The molecule has 126 valence electrons. The van der Waals surface area contributed by atoms with Crippen molar-refractivity contribution in [3.63, 3.8) is 0 Å². The van der Waals surface area contributed by atoms with Crippen molar-refractivity contribution in [2.24, 2.45) is 5.41 Å². The molecular formula is C21H30O2. The minimum absolute atomic E-state index is 0.0205. The number of allylic oxidation sites excluding steroid dienone is 3. The van der Waals surface area contributed by atoms with E-state index in [1.54, 1.807) is 6.92 Å². The molecule has 2 nitrogen and oxygen atoms in total. The summed E-state index contributed by atoms with van der Waals surface area (Å²) in [5.74, 6) is 0. The van der Waals surface area contributed by atoms with E-state index in [9.17, 15) is 5.11 Å². The molecule has 0 radical (unpaired) electrons. The third kappa shape index (κ3) is 4.33. The Morgan fingerprint density at radius 3 is 2.65 bits per heavy atom. The summed E-state index contributed by atoms with van der Waals surface area (Å²) >= 11 is 0. The van der Waals surface area contributed by atoms with E-state index in [2.05, 4.69) is 39.0 Å². The maximum absolute atomic E-state index is 10.5. The van der Waals surface area contributed by atoms with Crippen LogP contribution in [0, 0.1) is 5.41 Å². The summed E-state index contributed by atoms with van der Waals surface area (Å²) in [5, 5.41) is 19.6. The fraction of sp³-hybridized carbons (Fsp3) is 0.524. The van der Waals surface area contributed by atoms with E-state index in [0.717, 1.165) is 11.1 Å². The maximum Gasteiger partial charge on any atom is 0.0890 e. The Hall–Kier alpha value is -1.38. The number of hydrogen-bond acceptors (Lipinski definition) is 2. The van der Waals surface area contributed by atoms with Crippen LogP contribution in [-0.4, -0.2) is 16.8 Å². The Labute approximate surface area is 140 Å². The Kier molecular flexibility index (Phi) is 5.49. The van der Waals surface area contributed by atoms with Gasteiger partial charge in [-0.1, -0.05) is 49.8 Å². The fourth-order valence-corrected chi connectivity index (χ4v) is 3.53. The van der Waals surface area contributed by atoms with Crippen LogP contribution >= 0.6 is 0 Å². The quantitative estimate of drug-likeness (QED) is 0.818. The van der Waals surface area contributed by atoms with E-state index < -0.39 is 5.60 Å². The predicted molar refractivity (Wildman–Crippen MR) is 97.1 cm³/mol. The van der Waals surface area contributed by atoms with E-state index in [-0.39, 0.29) is 12.0 Å². The molecule has 2 N–H and O–H groups in total. The second kappa shape index (κ2) is 7.02. The van der Waals surface area contributed by atoms with Gasteiger partial charge >= 0.3 is 0 Å². The highest BCUT2D eigenvalue weighted by Crippen LogP contribution is 2.41. The molecule has 0 spiro atoms. The largest absolute Gasteiger partial charge is 0.396 e. The van der Waals surface area contributed by atoms with Crippen molar-refractivity contribution in [1.29, 1.82) is 0 Å². The van der Waals surface area contributed by atoms with Gasteiger partial charge in [0.2, 0.25) is 0 Å². The Morgan fingerprint density at radius 2 is 2.00 bits per heavy atom. The highest BCUT2D eigenvalue weighted by molar-refractivity contribution is 5.56. The van der Waals surface area contributed by atoms with Crippen molar-refractivity contribution in [3.05, 3.63) is 52.6 Å². The highest BCUT2D eigenvalue weighted by atomic mass is 16.3. The van der Waals surface area contributed by atoms with E-state index in [4.69, 9.17) is 5.11 Å². The van der Waals surface area contributed by atoms with Gasteiger partial charge in [0.1, 0.15) is 0 Å². The van der Waals surface area contributed by atoms with Gasteiger partial charge in [-0.15, -0.1) is 0 Å². The van der Waals surface area contributed by atoms with Crippen molar-refractivity contribution in [3.8, 4) is 0 Å². The van der Waals surface area contributed by atoms with Crippen LogP contribution in [0.15, 0.2) is 41.5 Å². The zero-order valence-corrected chi connectivity index (χ0v) is 14.9. The Bertz CT molecular complexity index is 606. The molecule has 0 aliphatic heterocycles. The predicted octanol–water partition coefficient (Wildman–Crippen LogP) is 4.82. The molecule has 2 heteroatoms. The summed E-state index contributed by atoms with van der Waals surface area (Å²) in [7, 11) is 0. The number of rotatable bonds is 5. The summed E-state index contributed by atoms with van der Waals surface area (Å²) in [5.41, 5.74) is 4.11. The molecule has 2 rings (SSSR count). The molecule has 0 heterocycles. The molecule has 1 aliphatic rings. The third-order valence-electron chi connectivity index (χ3n) is 5.09. The summed E-state index contributed by atoms with van der Waals surface area (Å²) < 4.78 is 0. The second-order valence-electron chi connectivity index (χ2n) is 7.64. The molecule has 1 aromatic carbocycles. The van der Waals surface area contributed by atoms with Crippen molar-refractivity contribution in [2.45, 2.75) is 59.0 Å². The van der Waals surface area contributed by atoms with Crippen LogP contribution in [0.1, 0.15) is 64.5 Å². The molecule has 1 unspecified atom stereocenters. The molecule has 0 aromatic heterocycles. The fourth-order valence-electron chi connectivity index (χ4n) is 3.53. The van der Waals surface area contributed by atoms with E-state index in [1.165, 1.54) is 30.4 Å². The van der Waals surface area contributed by atoms with Gasteiger partial charge in [0.05, 0.1) is 5.60 Å². The molecule has 1 atom stereocenters. The van der Waals surface area contributed by atoms with Crippen LogP contribution in [0.4, 0.5) is 0 Å². The first-order chi connectivity index (χ1) is 10.8. The Balaban J connectivity index is 2.27. The molecule has 23 heavy (non-hydrogen) atoms. The van der Waals surface area contributed by atoms with Gasteiger partial charge in [-0.2, -0.15) is 0 Å². The number of benzene rings is 1. The minimum atomic E-state index is -0.988. The van der Waals surface area contributed by atoms with Crippen LogP contribution < -0.4 is 0 Å². The lowest BCUT2D eigenvalue weighted by Gasteiger charge is -2.33. The average Bonchev–Trinajstić information content (AvgIpc) is 2.46. The molecule has 0 bridgehead atoms. The van der Waals surface area contributed by atoms with Crippen LogP contribution in [0.5, 0.6) is 0 Å². The second-order valence-corrected chi connectivity index (χ2v) is 7.64. The van der Waals surface area contributed by atoms with E-state index in [0.29, 0.717) is 6.42 Å². The smallest absolute Gasteiger partial charge is 0.0890 e. The minimum Gasteiger partial charge on any atom is -0.396 e. The maximum atomic E-state index is 10.5. The van der Waals surface area contributed by atoms with Gasteiger partial charge in [-0.25, -0.2) is 0 Å². The monoisotopic (exact) mass is 314 g/mol. The molecular weight excluding hydrogens is 284 g/mol. The van der Waals surface area contributed by atoms with Crippen molar-refractivity contribution in [1.82, 2.24) is 0 Å². The topological polar surface area (TPSA) is 40.5 Å². The lowest BCUT2D eigenvalue weighted by atomic mass is 9.72. The number of hydrogen-bond donors (Lipinski definition) is 2. The lowest BCUT2D eigenvalue weighted by molar-refractivity contribution is 0.0299. The first-order valence-corrected chi connectivity index (χ1v) is 8.58. The van der Waals surface area contributed by atoms with Gasteiger partial charge in [0, 0.05) is 13.0 Å². The van der Waals surface area contributed by atoms with E-state index in [1.807, 2.05) is 18.2 Å². The van der Waals surface area contributed by atoms with Gasteiger partial charge < -0.3 is 10.2 Å². The summed E-state index contributed by atoms with van der Waals surface area (Å²) in [6.07, 6.45) is 8.43. The molecule has 1 aromatic rings. The lowest BCUT2D eigenvalue weighted by Crippen LogP contribution is -2.22. The molecule has 0 saturated carbocycles. The van der Waals surface area contributed by atoms with Crippen LogP contribution in [-0.2, 0) is 5.60 Å². The van der Waals surface area contributed by atoms with Gasteiger partial charge in [-0.3, -0.25) is 0 Å². The van der Waals surface area contributed by atoms with Crippen molar-refractivity contribution in [2.75, 3.05) is 6.61 Å². The van der Waals surface area contributed by atoms with E-state index >= 15 is 0 Å². The highest BCUT2D eigenvalue weighted by Gasteiger charge is 2.26. The SMILES string of the molecule is CC1=C(C=Cc2cccc(C(C)(O)CCO)c2)C(C)(C)CCC1. The van der Waals surface area contributed by atoms with Gasteiger partial charge in [-0.05, 0) is 61.3 Å². The van der Waals surface area contributed by atoms with Gasteiger partial charge in [0.15, 0.2) is 0 Å². The molecule has 0 saturated heterocycles. The Morgan fingerprint density at radius 1 is 1.26 bits per heavy atom. The summed E-state index contributed by atoms with van der Waals surface area (Å²) in [6.45, 7) is 8.61. The molecule has 1 aliphatic carbocycles. The zero-order valence-electron chi connectivity index (χ0n) is 14.9.